The minimum atomic E-state index is -4.35. The number of halogens is 3. The van der Waals surface area contributed by atoms with E-state index in [4.69, 9.17) is 0 Å². The SMILES string of the molecule is CCC1CCCC(C(=O)COCC(F)(F)F)C1. The third kappa shape index (κ3) is 5.52. The van der Waals surface area contributed by atoms with Crippen LogP contribution < -0.4 is 0 Å². The standard InChI is InChI=1S/C12H19F3O2/c1-2-9-4-3-5-10(6-9)11(16)7-17-8-12(13,14)15/h9-10H,2-8H2,1H3. The highest BCUT2D eigenvalue weighted by Crippen LogP contribution is 2.31. The quantitative estimate of drug-likeness (QED) is 0.750. The maximum atomic E-state index is 11.8. The Morgan fingerprint density at radius 2 is 2.06 bits per heavy atom. The molecule has 1 saturated carbocycles. The zero-order chi connectivity index (χ0) is 12.9. The van der Waals surface area contributed by atoms with E-state index in [1.165, 1.54) is 0 Å². The van der Waals surface area contributed by atoms with Gasteiger partial charge in [-0.3, -0.25) is 4.79 Å². The Balaban J connectivity index is 2.27. The molecule has 0 N–H and O–H groups in total. The van der Waals surface area contributed by atoms with Gasteiger partial charge in [0, 0.05) is 5.92 Å². The van der Waals surface area contributed by atoms with Crippen LogP contribution in [-0.4, -0.2) is 25.2 Å². The molecule has 17 heavy (non-hydrogen) atoms. The lowest BCUT2D eigenvalue weighted by atomic mass is 9.78. The van der Waals surface area contributed by atoms with Gasteiger partial charge in [-0.05, 0) is 18.8 Å². The first-order chi connectivity index (χ1) is 7.92. The molecule has 1 fully saturated rings. The molecule has 0 saturated heterocycles. The van der Waals surface area contributed by atoms with Crippen LogP contribution in [0.2, 0.25) is 0 Å². The number of ether oxygens (including phenoxy) is 1. The molecule has 0 amide bonds. The highest BCUT2D eigenvalue weighted by atomic mass is 19.4. The van der Waals surface area contributed by atoms with Gasteiger partial charge in [0.25, 0.3) is 0 Å². The fraction of sp³-hybridized carbons (Fsp3) is 0.917. The third-order valence-electron chi connectivity index (χ3n) is 3.33. The number of carbonyl (C=O) groups excluding carboxylic acids is 1. The van der Waals surface area contributed by atoms with E-state index in [2.05, 4.69) is 11.7 Å². The number of rotatable bonds is 5. The molecular weight excluding hydrogens is 233 g/mol. The number of alkyl halides is 3. The Hall–Kier alpha value is -0.580. The molecule has 100 valence electrons. The van der Waals surface area contributed by atoms with Gasteiger partial charge in [-0.1, -0.05) is 26.2 Å². The van der Waals surface area contributed by atoms with Gasteiger partial charge in [0.1, 0.15) is 13.2 Å². The average Bonchev–Trinajstić information content (AvgIpc) is 2.27. The summed E-state index contributed by atoms with van der Waals surface area (Å²) >= 11 is 0. The molecule has 1 rings (SSSR count). The first kappa shape index (κ1) is 14.5. The predicted molar refractivity (Wildman–Crippen MR) is 57.6 cm³/mol. The van der Waals surface area contributed by atoms with E-state index < -0.39 is 19.4 Å². The number of ketones is 1. The smallest absolute Gasteiger partial charge is 0.364 e. The monoisotopic (exact) mass is 252 g/mol. The zero-order valence-electron chi connectivity index (χ0n) is 10.1. The highest BCUT2D eigenvalue weighted by molar-refractivity contribution is 5.82. The van der Waals surface area contributed by atoms with Crippen molar-refractivity contribution >= 4 is 5.78 Å². The van der Waals surface area contributed by atoms with Gasteiger partial charge in [0.15, 0.2) is 5.78 Å². The second-order valence-electron chi connectivity index (χ2n) is 4.71. The molecule has 0 heterocycles. The lowest BCUT2D eigenvalue weighted by Crippen LogP contribution is -2.28. The second kappa shape index (κ2) is 6.38. The normalized spacial score (nSPS) is 25.9. The topological polar surface area (TPSA) is 26.3 Å². The van der Waals surface area contributed by atoms with Crippen molar-refractivity contribution in [3.05, 3.63) is 0 Å². The summed E-state index contributed by atoms with van der Waals surface area (Å²) in [5, 5.41) is 0. The number of carbonyl (C=O) groups is 1. The Morgan fingerprint density at radius 3 is 2.65 bits per heavy atom. The summed E-state index contributed by atoms with van der Waals surface area (Å²) in [5.74, 6) is 0.273. The lowest BCUT2D eigenvalue weighted by molar-refractivity contribution is -0.176. The van der Waals surface area contributed by atoms with Crippen LogP contribution >= 0.6 is 0 Å². The van der Waals surface area contributed by atoms with E-state index in [0.717, 1.165) is 32.1 Å². The molecular formula is C12H19F3O2. The minimum absolute atomic E-state index is 0.0954. The summed E-state index contributed by atoms with van der Waals surface area (Å²) in [7, 11) is 0. The van der Waals surface area contributed by atoms with E-state index in [-0.39, 0.29) is 11.7 Å². The number of hydrogen-bond acceptors (Lipinski definition) is 2. The number of Topliss-reactive ketones (excluding diaryl/α,β-unsaturated/α-hetero) is 1. The molecule has 5 heteroatoms. The van der Waals surface area contributed by atoms with Crippen LogP contribution in [0.5, 0.6) is 0 Å². The minimum Gasteiger partial charge on any atom is -0.364 e. The van der Waals surface area contributed by atoms with Crippen LogP contribution in [0, 0.1) is 11.8 Å². The summed E-state index contributed by atoms with van der Waals surface area (Å²) in [5.41, 5.74) is 0. The van der Waals surface area contributed by atoms with Crippen molar-refractivity contribution in [1.82, 2.24) is 0 Å². The fourth-order valence-corrected chi connectivity index (χ4v) is 2.34. The summed E-state index contributed by atoms with van der Waals surface area (Å²) in [6, 6.07) is 0. The van der Waals surface area contributed by atoms with Crippen molar-refractivity contribution < 1.29 is 22.7 Å². The Morgan fingerprint density at radius 1 is 1.35 bits per heavy atom. The molecule has 0 aromatic rings. The predicted octanol–water partition coefficient (Wildman–Crippen LogP) is 3.35. The van der Waals surface area contributed by atoms with Gasteiger partial charge in [0.05, 0.1) is 0 Å². The van der Waals surface area contributed by atoms with Crippen LogP contribution in [0.15, 0.2) is 0 Å². The van der Waals surface area contributed by atoms with Gasteiger partial charge in [0.2, 0.25) is 0 Å². The van der Waals surface area contributed by atoms with Crippen LogP contribution in [0.25, 0.3) is 0 Å². The van der Waals surface area contributed by atoms with Crippen molar-refractivity contribution in [3.63, 3.8) is 0 Å². The molecule has 2 atom stereocenters. The first-order valence-corrected chi connectivity index (χ1v) is 6.09. The maximum absolute atomic E-state index is 11.8. The van der Waals surface area contributed by atoms with E-state index >= 15 is 0 Å². The first-order valence-electron chi connectivity index (χ1n) is 6.09. The zero-order valence-corrected chi connectivity index (χ0v) is 10.1. The molecule has 1 aliphatic carbocycles. The van der Waals surface area contributed by atoms with Crippen molar-refractivity contribution in [2.75, 3.05) is 13.2 Å². The molecule has 0 aromatic heterocycles. The second-order valence-corrected chi connectivity index (χ2v) is 4.71. The van der Waals surface area contributed by atoms with Gasteiger partial charge in [-0.25, -0.2) is 0 Å². The summed E-state index contributed by atoms with van der Waals surface area (Å²) in [6.45, 7) is 0.348. The Bertz CT molecular complexity index is 251. The molecule has 0 radical (unpaired) electrons. The molecule has 0 aliphatic heterocycles. The van der Waals surface area contributed by atoms with Crippen LogP contribution in [0.4, 0.5) is 13.2 Å². The van der Waals surface area contributed by atoms with E-state index in [1.807, 2.05) is 0 Å². The van der Waals surface area contributed by atoms with Crippen molar-refractivity contribution in [2.24, 2.45) is 11.8 Å². The van der Waals surface area contributed by atoms with Gasteiger partial charge >= 0.3 is 6.18 Å². The molecule has 1 aliphatic rings. The van der Waals surface area contributed by atoms with E-state index in [9.17, 15) is 18.0 Å². The number of hydrogen-bond donors (Lipinski definition) is 0. The highest BCUT2D eigenvalue weighted by Gasteiger charge is 2.30. The van der Waals surface area contributed by atoms with Gasteiger partial charge in [-0.15, -0.1) is 0 Å². The average molecular weight is 252 g/mol. The van der Waals surface area contributed by atoms with Crippen molar-refractivity contribution in [1.29, 1.82) is 0 Å². The van der Waals surface area contributed by atoms with Crippen molar-refractivity contribution in [3.8, 4) is 0 Å². The summed E-state index contributed by atoms with van der Waals surface area (Å²) < 4.78 is 39.9. The molecule has 2 unspecified atom stereocenters. The van der Waals surface area contributed by atoms with Crippen LogP contribution in [-0.2, 0) is 9.53 Å². The van der Waals surface area contributed by atoms with Crippen LogP contribution in [0.1, 0.15) is 39.0 Å². The van der Waals surface area contributed by atoms with Gasteiger partial charge < -0.3 is 4.74 Å². The largest absolute Gasteiger partial charge is 0.411 e. The molecule has 0 bridgehead atoms. The van der Waals surface area contributed by atoms with E-state index in [0.29, 0.717) is 5.92 Å². The molecule has 0 spiro atoms. The third-order valence-corrected chi connectivity index (χ3v) is 3.33. The van der Waals surface area contributed by atoms with Crippen LogP contribution in [0.3, 0.4) is 0 Å². The molecule has 2 nitrogen and oxygen atoms in total. The van der Waals surface area contributed by atoms with Gasteiger partial charge in [-0.2, -0.15) is 13.2 Å². The maximum Gasteiger partial charge on any atom is 0.411 e. The van der Waals surface area contributed by atoms with Crippen molar-refractivity contribution in [2.45, 2.75) is 45.2 Å². The Kier molecular flexibility index (Phi) is 5.43. The molecule has 0 aromatic carbocycles. The van der Waals surface area contributed by atoms with E-state index in [1.54, 1.807) is 0 Å². The lowest BCUT2D eigenvalue weighted by Gasteiger charge is -2.27. The Labute approximate surface area is 99.5 Å². The summed E-state index contributed by atoms with van der Waals surface area (Å²) in [4.78, 5) is 11.7. The summed E-state index contributed by atoms with van der Waals surface area (Å²) in [6.07, 6.45) is 0.416. The fourth-order valence-electron chi connectivity index (χ4n) is 2.34.